The van der Waals surface area contributed by atoms with Crippen LogP contribution in [0.15, 0.2) is 42.6 Å². The summed E-state index contributed by atoms with van der Waals surface area (Å²) >= 11 is 5.48. The average molecular weight is 517 g/mol. The largest absolute Gasteiger partial charge is 0.492 e. The number of imidazole rings is 1. The van der Waals surface area contributed by atoms with Gasteiger partial charge in [-0.15, -0.1) is 0 Å². The normalized spacial score (nSPS) is 16.8. The summed E-state index contributed by atoms with van der Waals surface area (Å²) in [6, 6.07) is 8.62. The molecule has 0 saturated carbocycles. The van der Waals surface area contributed by atoms with E-state index in [2.05, 4.69) is 5.48 Å². The van der Waals surface area contributed by atoms with Crippen molar-refractivity contribution in [1.82, 2.24) is 14.7 Å². The third kappa shape index (κ3) is 7.52. The molecule has 0 radical (unpaired) electrons. The highest BCUT2D eigenvalue weighted by Crippen LogP contribution is 2.20. The van der Waals surface area contributed by atoms with Gasteiger partial charge in [-0.1, -0.05) is 56.3 Å². The molecular weight excluding hydrogens is 480 g/mol. The first-order valence-corrected chi connectivity index (χ1v) is 12.8. The van der Waals surface area contributed by atoms with Crippen LogP contribution in [0.4, 0.5) is 0 Å². The smallest absolute Gasteiger partial charge is 0.268 e. The lowest BCUT2D eigenvalue weighted by Crippen LogP contribution is -2.55. The highest BCUT2D eigenvalue weighted by molar-refractivity contribution is 7.71. The molecule has 2 atom stereocenters. The second-order valence-corrected chi connectivity index (χ2v) is 9.67. The number of nitrogens with zero attached hydrogens (tertiary/aromatic N) is 3. The van der Waals surface area contributed by atoms with Gasteiger partial charge in [0.15, 0.2) is 6.29 Å². The van der Waals surface area contributed by atoms with Gasteiger partial charge in [0.25, 0.3) is 5.91 Å². The first-order valence-electron chi connectivity index (χ1n) is 12.4. The van der Waals surface area contributed by atoms with Gasteiger partial charge >= 0.3 is 0 Å². The van der Waals surface area contributed by atoms with Gasteiger partial charge in [-0.3, -0.25) is 9.59 Å². The third-order valence-electron chi connectivity index (χ3n) is 5.91. The fourth-order valence-electron chi connectivity index (χ4n) is 3.90. The van der Waals surface area contributed by atoms with Gasteiger partial charge in [0, 0.05) is 26.5 Å². The Morgan fingerprint density at radius 1 is 1.31 bits per heavy atom. The Morgan fingerprint density at radius 3 is 2.67 bits per heavy atom. The van der Waals surface area contributed by atoms with Crippen LogP contribution >= 0.6 is 12.2 Å². The summed E-state index contributed by atoms with van der Waals surface area (Å²) in [4.78, 5) is 32.5. The Hall–Kier alpha value is -2.95. The molecule has 0 bridgehead atoms. The molecule has 0 spiro atoms. The van der Waals surface area contributed by atoms with Crippen LogP contribution < -0.4 is 10.5 Å². The van der Waals surface area contributed by atoms with Crippen molar-refractivity contribution in [2.45, 2.75) is 64.7 Å². The molecule has 2 heterocycles. The number of aryl methyl sites for hydroxylation is 1. The first kappa shape index (κ1) is 27.6. The second kappa shape index (κ2) is 13.4. The van der Waals surface area contributed by atoms with E-state index in [1.54, 1.807) is 7.05 Å². The topological polar surface area (TPSA) is 98.0 Å². The first-order chi connectivity index (χ1) is 17.3. The molecule has 36 heavy (non-hydrogen) atoms. The minimum absolute atomic E-state index is 0.166. The highest BCUT2D eigenvalue weighted by atomic mass is 32.1. The van der Waals surface area contributed by atoms with Gasteiger partial charge in [0.1, 0.15) is 6.04 Å². The maximum atomic E-state index is 13.5. The number of hydrogen-bond donors (Lipinski definition) is 2. The fraction of sp³-hybridized carbons (Fsp3) is 0.500. The van der Waals surface area contributed by atoms with Crippen LogP contribution in [-0.4, -0.2) is 45.1 Å². The molecule has 2 aromatic rings. The van der Waals surface area contributed by atoms with Gasteiger partial charge in [0.2, 0.25) is 16.6 Å². The average Bonchev–Trinajstić information content (AvgIpc) is 3.12. The van der Waals surface area contributed by atoms with Crippen LogP contribution in [0.3, 0.4) is 0 Å². The Kier molecular flexibility index (Phi) is 10.3. The molecule has 1 aliphatic rings. The zero-order chi connectivity index (χ0) is 26.1. The number of hydroxylamine groups is 1. The number of hydrogen-bond acceptors (Lipinski definition) is 6. The van der Waals surface area contributed by atoms with Gasteiger partial charge in [-0.05, 0) is 49.4 Å². The van der Waals surface area contributed by atoms with Crippen molar-refractivity contribution in [2.24, 2.45) is 13.0 Å². The van der Waals surface area contributed by atoms with Crippen molar-refractivity contribution in [1.29, 1.82) is 0 Å². The zero-order valence-corrected chi connectivity index (χ0v) is 21.9. The van der Waals surface area contributed by atoms with E-state index in [0.29, 0.717) is 19.4 Å². The van der Waals surface area contributed by atoms with E-state index >= 15 is 0 Å². The van der Waals surface area contributed by atoms with Gasteiger partial charge in [-0.2, -0.15) is 4.68 Å². The Labute approximate surface area is 217 Å². The number of aromatic hydroxyl groups is 1. The number of nitrogens with one attached hydrogen (secondary N) is 1. The van der Waals surface area contributed by atoms with Crippen molar-refractivity contribution in [2.75, 3.05) is 11.6 Å². The molecule has 3 rings (SSSR count). The summed E-state index contributed by atoms with van der Waals surface area (Å²) in [5, 5.41) is 11.9. The Morgan fingerprint density at radius 2 is 2.06 bits per heavy atom. The maximum Gasteiger partial charge on any atom is 0.268 e. The minimum Gasteiger partial charge on any atom is -0.492 e. The number of benzene rings is 1. The summed E-state index contributed by atoms with van der Waals surface area (Å²) in [5.74, 6) is -0.819. The van der Waals surface area contributed by atoms with Crippen LogP contribution in [0.2, 0.25) is 0 Å². The van der Waals surface area contributed by atoms with Crippen LogP contribution in [0.25, 0.3) is 6.08 Å². The summed E-state index contributed by atoms with van der Waals surface area (Å²) in [6.07, 6.45) is 8.10. The maximum absolute atomic E-state index is 13.5. The van der Waals surface area contributed by atoms with Crippen molar-refractivity contribution in [3.05, 3.63) is 52.9 Å². The molecule has 9 nitrogen and oxygen atoms in total. The predicted molar refractivity (Wildman–Crippen MR) is 140 cm³/mol. The molecule has 196 valence electrons. The van der Waals surface area contributed by atoms with Crippen molar-refractivity contribution >= 4 is 30.1 Å². The lowest BCUT2D eigenvalue weighted by Gasteiger charge is -2.32. The van der Waals surface area contributed by atoms with Crippen molar-refractivity contribution in [3.8, 4) is 5.88 Å². The molecule has 1 saturated heterocycles. The monoisotopic (exact) mass is 516 g/mol. The van der Waals surface area contributed by atoms with Crippen molar-refractivity contribution in [3.63, 3.8) is 0 Å². The van der Waals surface area contributed by atoms with Crippen LogP contribution in [0.1, 0.15) is 57.9 Å². The van der Waals surface area contributed by atoms with Gasteiger partial charge in [0.05, 0.1) is 6.20 Å². The molecule has 0 aliphatic carbocycles. The fourth-order valence-corrected chi connectivity index (χ4v) is 4.13. The van der Waals surface area contributed by atoms with E-state index in [9.17, 15) is 14.7 Å². The molecule has 1 fully saturated rings. The number of aromatic nitrogens is 2. The number of rotatable bonds is 11. The quantitative estimate of drug-likeness (QED) is 0.343. The summed E-state index contributed by atoms with van der Waals surface area (Å²) in [6.45, 7) is 4.61. The van der Waals surface area contributed by atoms with E-state index in [0.717, 1.165) is 18.4 Å². The van der Waals surface area contributed by atoms with Crippen LogP contribution in [0, 0.1) is 10.7 Å². The SMILES string of the molecule is CC(C)CCC(=O)N([C@@H](CC=Cc1ccccc1)C(=O)NO[C@@H]1CCCCO1)n1c(O)cn(C)c1=S. The summed E-state index contributed by atoms with van der Waals surface area (Å²) in [5.41, 5.74) is 3.45. The lowest BCUT2D eigenvalue weighted by atomic mass is 10.1. The number of ether oxygens (including phenoxy) is 1. The van der Waals surface area contributed by atoms with E-state index < -0.39 is 18.2 Å². The van der Waals surface area contributed by atoms with E-state index in [-0.39, 0.29) is 35.3 Å². The molecule has 1 aromatic heterocycles. The predicted octanol–water partition coefficient (Wildman–Crippen LogP) is 4.21. The molecular formula is C26H36N4O5S. The van der Waals surface area contributed by atoms with E-state index in [4.69, 9.17) is 21.8 Å². The molecule has 10 heteroatoms. The Bertz CT molecular complexity index is 1090. The number of amides is 2. The van der Waals surface area contributed by atoms with Crippen LogP contribution in [-0.2, 0) is 26.2 Å². The zero-order valence-electron chi connectivity index (χ0n) is 21.1. The number of carbonyl (C=O) groups is 2. The summed E-state index contributed by atoms with van der Waals surface area (Å²) < 4.78 is 8.48. The van der Waals surface area contributed by atoms with Gasteiger partial charge in [-0.25, -0.2) is 15.3 Å². The second-order valence-electron chi connectivity index (χ2n) is 9.31. The highest BCUT2D eigenvalue weighted by Gasteiger charge is 2.33. The number of carbonyl (C=O) groups excluding carboxylic acids is 2. The lowest BCUT2D eigenvalue weighted by molar-refractivity contribution is -0.201. The molecule has 1 aromatic carbocycles. The third-order valence-corrected chi connectivity index (χ3v) is 6.37. The van der Waals surface area contributed by atoms with Gasteiger partial charge < -0.3 is 14.4 Å². The van der Waals surface area contributed by atoms with Crippen molar-refractivity contribution < 1.29 is 24.3 Å². The van der Waals surface area contributed by atoms with E-state index in [1.165, 1.54) is 20.4 Å². The van der Waals surface area contributed by atoms with E-state index in [1.807, 2.05) is 56.3 Å². The molecule has 2 amide bonds. The van der Waals surface area contributed by atoms with Crippen LogP contribution in [0.5, 0.6) is 5.88 Å². The molecule has 2 N–H and O–H groups in total. The standard InChI is InChI=1S/C26H36N4O5S/c1-19(2)15-16-22(31)29(30-23(32)18-28(3)26(30)36)21(13-9-12-20-10-5-4-6-11-20)25(33)27-35-24-14-7-8-17-34-24/h4-6,9-12,18-19,21,24,32H,7-8,13-17H2,1-3H3,(H,27,33)/t21-,24+/m0/s1. The molecule has 1 aliphatic heterocycles. The Balaban J connectivity index is 1.92. The minimum atomic E-state index is -1.03. The molecule has 0 unspecified atom stereocenters. The summed E-state index contributed by atoms with van der Waals surface area (Å²) in [7, 11) is 1.67.